The normalized spacial score (nSPS) is 14.3. The number of rotatable bonds is 14. The van der Waals surface area contributed by atoms with Crippen LogP contribution in [-0.2, 0) is 28.1 Å². The van der Waals surface area contributed by atoms with Gasteiger partial charge in [-0.05, 0) is 111 Å². The summed E-state index contributed by atoms with van der Waals surface area (Å²) in [5.41, 5.74) is 0.548. The van der Waals surface area contributed by atoms with E-state index in [-0.39, 0.29) is 16.7 Å². The third kappa shape index (κ3) is 11.0. The first-order chi connectivity index (χ1) is 23.1. The van der Waals surface area contributed by atoms with E-state index in [2.05, 4.69) is 56.3 Å². The first kappa shape index (κ1) is 40.9. The Morgan fingerprint density at radius 1 is 0.880 bits per heavy atom. The maximum absolute atomic E-state index is 13.7. The van der Waals surface area contributed by atoms with Gasteiger partial charge in [-0.25, -0.2) is 9.78 Å². The minimum atomic E-state index is -2.03. The van der Waals surface area contributed by atoms with Gasteiger partial charge in [0.1, 0.15) is 22.9 Å². The number of aliphatic carboxylic acids is 1. The number of methoxy groups -OCH3 is 1. The number of aryl methyl sites for hydroxylation is 1. The van der Waals surface area contributed by atoms with Gasteiger partial charge in [-0.2, -0.15) is 11.8 Å². The van der Waals surface area contributed by atoms with Crippen LogP contribution in [-0.4, -0.2) is 48.4 Å². The van der Waals surface area contributed by atoms with Crippen LogP contribution in [0.2, 0.25) is 18.1 Å². The van der Waals surface area contributed by atoms with Gasteiger partial charge in [-0.1, -0.05) is 71.9 Å². The molecule has 0 aliphatic heterocycles. The highest BCUT2D eigenvalue weighted by molar-refractivity contribution is 7.99. The number of ether oxygens (including phenoxy) is 2. The third-order valence-corrected chi connectivity index (χ3v) is 15.5. The van der Waals surface area contributed by atoms with E-state index >= 15 is 0 Å². The van der Waals surface area contributed by atoms with Gasteiger partial charge in [-0.15, -0.1) is 0 Å². The van der Waals surface area contributed by atoms with E-state index in [1.807, 2.05) is 63.2 Å². The van der Waals surface area contributed by atoms with Gasteiger partial charge in [0.25, 0.3) is 0 Å². The van der Waals surface area contributed by atoms with Crippen LogP contribution in [0.4, 0.5) is 10.6 Å². The number of benzene rings is 2. The Balaban J connectivity index is 1.98. The molecule has 1 amide bonds. The molecule has 3 rings (SSSR count). The van der Waals surface area contributed by atoms with E-state index in [1.165, 1.54) is 0 Å². The molecule has 0 radical (unpaired) electrons. The van der Waals surface area contributed by atoms with E-state index in [1.54, 1.807) is 51.9 Å². The van der Waals surface area contributed by atoms with Gasteiger partial charge in [0.15, 0.2) is 0 Å². The molecule has 1 heterocycles. The van der Waals surface area contributed by atoms with E-state index < -0.39 is 36.8 Å². The molecule has 2 aromatic carbocycles. The Morgan fingerprint density at radius 2 is 1.52 bits per heavy atom. The second-order valence-electron chi connectivity index (χ2n) is 16.6. The number of pyridine rings is 1. The Morgan fingerprint density at radius 3 is 2.04 bits per heavy atom. The van der Waals surface area contributed by atoms with Gasteiger partial charge in [0.05, 0.1) is 12.5 Å². The Bertz CT molecular complexity index is 1570. The van der Waals surface area contributed by atoms with E-state index in [9.17, 15) is 14.7 Å². The lowest BCUT2D eigenvalue weighted by molar-refractivity contribution is -0.156. The molecule has 0 aliphatic rings. The predicted octanol–water partition coefficient (Wildman–Crippen LogP) is 10.4. The molecule has 3 aromatic rings. The third-order valence-electron chi connectivity index (χ3n) is 9.59. The molecule has 0 spiro atoms. The quantitative estimate of drug-likeness (QED) is 0.158. The number of aromatic nitrogens is 1. The largest absolute Gasteiger partial charge is 0.543 e. The number of amides is 1. The van der Waals surface area contributed by atoms with Crippen molar-refractivity contribution in [2.75, 3.05) is 12.4 Å². The SMILES string of the molecule is COc1ccc(CSC(CCc2cccc(O[Si](C)(C)C(C)(C)C)c2)C(Cc2ccc(NC(=O)OC(C)(C)C)nc2)(C(=O)O)C(C)(C)C)cc1. The molecule has 0 saturated carbocycles. The number of carboxylic acids is 1. The van der Waals surface area contributed by atoms with Crippen LogP contribution in [0, 0.1) is 10.8 Å². The van der Waals surface area contributed by atoms with Crippen LogP contribution in [0.15, 0.2) is 66.9 Å². The first-order valence-corrected chi connectivity index (χ1v) is 21.2. The molecular formula is C40H58N2O6SSi. The van der Waals surface area contributed by atoms with Crippen molar-refractivity contribution < 1.29 is 28.6 Å². The zero-order valence-electron chi connectivity index (χ0n) is 32.1. The average molecular weight is 723 g/mol. The minimum Gasteiger partial charge on any atom is -0.543 e. The number of anilines is 1. The summed E-state index contributed by atoms with van der Waals surface area (Å²) in [7, 11) is -0.390. The van der Waals surface area contributed by atoms with Crippen molar-refractivity contribution in [3.63, 3.8) is 0 Å². The number of thioether (sulfide) groups is 1. The van der Waals surface area contributed by atoms with Crippen LogP contribution in [0.5, 0.6) is 11.5 Å². The summed E-state index contributed by atoms with van der Waals surface area (Å²) in [4.78, 5) is 30.5. The van der Waals surface area contributed by atoms with Crippen molar-refractivity contribution in [3.05, 3.63) is 83.6 Å². The van der Waals surface area contributed by atoms with Gasteiger partial charge in [0, 0.05) is 17.2 Å². The summed E-state index contributed by atoms with van der Waals surface area (Å²) < 4.78 is 17.3. The van der Waals surface area contributed by atoms with Crippen molar-refractivity contribution in [1.82, 2.24) is 4.98 Å². The summed E-state index contributed by atoms with van der Waals surface area (Å²) in [5.74, 6) is 1.78. The highest BCUT2D eigenvalue weighted by Crippen LogP contribution is 2.51. The number of nitrogens with one attached hydrogen (secondary N) is 1. The number of carbonyl (C=O) groups is 2. The number of hydrogen-bond acceptors (Lipinski definition) is 7. The lowest BCUT2D eigenvalue weighted by Crippen LogP contribution is -2.52. The fourth-order valence-electron chi connectivity index (χ4n) is 5.63. The van der Waals surface area contributed by atoms with Crippen LogP contribution in [0.25, 0.3) is 0 Å². The zero-order valence-corrected chi connectivity index (χ0v) is 33.9. The van der Waals surface area contributed by atoms with Crippen LogP contribution in [0.1, 0.15) is 85.4 Å². The Kier molecular flexibility index (Phi) is 13.3. The smallest absolute Gasteiger partial charge is 0.413 e. The van der Waals surface area contributed by atoms with Crippen molar-refractivity contribution in [1.29, 1.82) is 0 Å². The molecule has 2 N–H and O–H groups in total. The summed E-state index contributed by atoms with van der Waals surface area (Å²) in [6.07, 6.45) is 2.65. The number of hydrogen-bond donors (Lipinski definition) is 2. The predicted molar refractivity (Wildman–Crippen MR) is 208 cm³/mol. The highest BCUT2D eigenvalue weighted by atomic mass is 32.2. The fourth-order valence-corrected chi connectivity index (χ4v) is 8.35. The maximum atomic E-state index is 13.7. The molecule has 2 atom stereocenters. The second kappa shape index (κ2) is 16.2. The molecular weight excluding hydrogens is 665 g/mol. The van der Waals surface area contributed by atoms with Gasteiger partial charge in [0.2, 0.25) is 8.32 Å². The summed E-state index contributed by atoms with van der Waals surface area (Å²) in [6.45, 7) is 22.6. The van der Waals surface area contributed by atoms with Gasteiger partial charge in [-0.3, -0.25) is 10.1 Å². The second-order valence-corrected chi connectivity index (χ2v) is 22.5. The molecule has 0 fully saturated rings. The molecule has 8 nitrogen and oxygen atoms in total. The number of carbonyl (C=O) groups excluding carboxylic acids is 1. The lowest BCUT2D eigenvalue weighted by Gasteiger charge is -2.47. The molecule has 2 unspecified atom stereocenters. The molecule has 10 heteroatoms. The van der Waals surface area contributed by atoms with Crippen molar-refractivity contribution in [3.8, 4) is 11.5 Å². The van der Waals surface area contributed by atoms with Crippen molar-refractivity contribution in [2.24, 2.45) is 10.8 Å². The molecule has 274 valence electrons. The van der Waals surface area contributed by atoms with Crippen LogP contribution in [0.3, 0.4) is 0 Å². The number of nitrogens with zero attached hydrogens (tertiary/aromatic N) is 1. The fraction of sp³-hybridized carbons (Fsp3) is 0.525. The maximum Gasteiger partial charge on any atom is 0.413 e. The highest BCUT2D eigenvalue weighted by Gasteiger charge is 2.54. The summed E-state index contributed by atoms with van der Waals surface area (Å²) >= 11 is 1.68. The molecule has 1 aromatic heterocycles. The molecule has 0 bridgehead atoms. The Labute approximate surface area is 305 Å². The number of carboxylic acid groups (broad SMARTS) is 1. The molecule has 50 heavy (non-hydrogen) atoms. The van der Waals surface area contributed by atoms with E-state index in [4.69, 9.17) is 13.9 Å². The molecule has 0 aliphatic carbocycles. The first-order valence-electron chi connectivity index (χ1n) is 17.3. The summed E-state index contributed by atoms with van der Waals surface area (Å²) in [6, 6.07) is 19.7. The Hall–Kier alpha value is -3.50. The zero-order chi connectivity index (χ0) is 37.5. The topological polar surface area (TPSA) is 107 Å². The van der Waals surface area contributed by atoms with E-state index in [0.717, 1.165) is 28.2 Å². The van der Waals surface area contributed by atoms with Crippen LogP contribution < -0.4 is 14.5 Å². The average Bonchev–Trinajstić information content (AvgIpc) is 2.99. The van der Waals surface area contributed by atoms with Crippen LogP contribution >= 0.6 is 11.8 Å². The van der Waals surface area contributed by atoms with Crippen molar-refractivity contribution in [2.45, 2.75) is 116 Å². The van der Waals surface area contributed by atoms with Gasteiger partial charge >= 0.3 is 12.1 Å². The summed E-state index contributed by atoms with van der Waals surface area (Å²) in [5, 5.41) is 13.7. The van der Waals surface area contributed by atoms with E-state index in [0.29, 0.717) is 24.4 Å². The standard InChI is InChI=1S/C40H58N2O6SSi/c1-37(2,3)40(35(43)44,25-30-19-23-34(41-26-30)42-36(45)47-38(4,5)6)33(49-27-29-16-20-31(46-10)21-17-29)22-18-28-14-13-15-32(24-28)48-50(11,12)39(7,8)9/h13-17,19-21,23-24,26,33H,18,22,25,27H2,1-12H3,(H,43,44)(H,41,42,45). The monoisotopic (exact) mass is 722 g/mol. The lowest BCUT2D eigenvalue weighted by atomic mass is 9.60. The molecule has 0 saturated heterocycles. The minimum absolute atomic E-state index is 0.0683. The van der Waals surface area contributed by atoms with Gasteiger partial charge < -0.3 is 19.0 Å². The van der Waals surface area contributed by atoms with Crippen molar-refractivity contribution >= 4 is 38.0 Å².